The van der Waals surface area contributed by atoms with Gasteiger partial charge in [-0.3, -0.25) is 14.5 Å². The first-order valence-corrected chi connectivity index (χ1v) is 10.7. The Morgan fingerprint density at radius 1 is 1.15 bits per heavy atom. The second-order valence-electron chi connectivity index (χ2n) is 7.89. The molecule has 4 atom stereocenters. The summed E-state index contributed by atoms with van der Waals surface area (Å²) in [6, 6.07) is -0.771. The van der Waals surface area contributed by atoms with Crippen LogP contribution in [0.25, 0.3) is 0 Å². The highest BCUT2D eigenvalue weighted by atomic mass is 16.5. The van der Waals surface area contributed by atoms with E-state index in [0.717, 1.165) is 44.9 Å². The highest BCUT2D eigenvalue weighted by Gasteiger charge is 2.51. The Morgan fingerprint density at radius 3 is 2.48 bits per heavy atom. The molecule has 2 rings (SSSR count). The van der Waals surface area contributed by atoms with Gasteiger partial charge >= 0.3 is 5.97 Å². The van der Waals surface area contributed by atoms with Gasteiger partial charge < -0.3 is 4.74 Å². The number of amides is 2. The molecule has 152 valence electrons. The van der Waals surface area contributed by atoms with E-state index in [4.69, 9.17) is 4.74 Å². The van der Waals surface area contributed by atoms with Gasteiger partial charge in [-0.25, -0.2) is 4.79 Å². The third-order valence-electron chi connectivity index (χ3n) is 5.92. The number of carbonyl (C=O) groups excluding carboxylic acids is 3. The van der Waals surface area contributed by atoms with Crippen molar-refractivity contribution in [2.75, 3.05) is 6.61 Å². The summed E-state index contributed by atoms with van der Waals surface area (Å²) in [6.45, 7) is 6.67. The molecule has 0 bridgehead atoms. The fourth-order valence-corrected chi connectivity index (χ4v) is 4.06. The number of unbranched alkanes of at least 4 members (excludes halogenated alkanes) is 2. The van der Waals surface area contributed by atoms with Crippen LogP contribution in [-0.4, -0.2) is 35.3 Å². The van der Waals surface area contributed by atoms with E-state index < -0.39 is 17.9 Å². The summed E-state index contributed by atoms with van der Waals surface area (Å²) >= 11 is 0. The third-order valence-corrected chi connectivity index (χ3v) is 5.92. The van der Waals surface area contributed by atoms with Crippen molar-refractivity contribution in [3.05, 3.63) is 12.2 Å². The number of hydrogen-bond donors (Lipinski definition) is 0. The van der Waals surface area contributed by atoms with Crippen LogP contribution in [-0.2, 0) is 19.1 Å². The van der Waals surface area contributed by atoms with E-state index in [-0.39, 0.29) is 17.7 Å². The van der Waals surface area contributed by atoms with Crippen molar-refractivity contribution in [1.29, 1.82) is 0 Å². The Bertz CT molecular complexity index is 557. The van der Waals surface area contributed by atoms with Gasteiger partial charge in [0.2, 0.25) is 11.8 Å². The minimum absolute atomic E-state index is 0.189. The SMILES string of the molecule is CCCCC(CC)COC(=O)C(CCCC)N1C(=O)C2C=CCCC2C1=O. The van der Waals surface area contributed by atoms with E-state index in [2.05, 4.69) is 13.8 Å². The van der Waals surface area contributed by atoms with Crippen molar-refractivity contribution >= 4 is 17.8 Å². The number of rotatable bonds is 11. The lowest BCUT2D eigenvalue weighted by Gasteiger charge is -2.26. The Kier molecular flexibility index (Phi) is 8.52. The molecule has 2 amide bonds. The molecular formula is C22H35NO4. The number of carbonyl (C=O) groups is 3. The molecule has 0 aromatic heterocycles. The van der Waals surface area contributed by atoms with Crippen LogP contribution in [0, 0.1) is 17.8 Å². The molecule has 0 saturated carbocycles. The van der Waals surface area contributed by atoms with Gasteiger partial charge in [-0.1, -0.05) is 65.0 Å². The zero-order valence-electron chi connectivity index (χ0n) is 17.1. The van der Waals surface area contributed by atoms with Crippen molar-refractivity contribution in [1.82, 2.24) is 4.90 Å². The van der Waals surface area contributed by atoms with E-state index in [9.17, 15) is 14.4 Å². The molecule has 4 unspecified atom stereocenters. The summed E-state index contributed by atoms with van der Waals surface area (Å²) in [4.78, 5) is 39.8. The first-order chi connectivity index (χ1) is 13.0. The molecule has 0 N–H and O–H groups in total. The van der Waals surface area contributed by atoms with E-state index >= 15 is 0 Å². The summed E-state index contributed by atoms with van der Waals surface area (Å²) in [5.41, 5.74) is 0. The fraction of sp³-hybridized carbons (Fsp3) is 0.773. The third kappa shape index (κ3) is 5.20. The number of ether oxygens (including phenoxy) is 1. The van der Waals surface area contributed by atoms with Crippen molar-refractivity contribution in [3.63, 3.8) is 0 Å². The van der Waals surface area contributed by atoms with Crippen LogP contribution < -0.4 is 0 Å². The maximum atomic E-state index is 12.9. The first kappa shape index (κ1) is 21.6. The van der Waals surface area contributed by atoms with Gasteiger partial charge in [0.25, 0.3) is 0 Å². The topological polar surface area (TPSA) is 63.7 Å². The molecule has 27 heavy (non-hydrogen) atoms. The lowest BCUT2D eigenvalue weighted by Crippen LogP contribution is -2.46. The summed E-state index contributed by atoms with van der Waals surface area (Å²) < 4.78 is 5.61. The molecule has 1 heterocycles. The summed E-state index contributed by atoms with van der Waals surface area (Å²) in [5, 5.41) is 0. The monoisotopic (exact) mass is 377 g/mol. The molecule has 1 saturated heterocycles. The lowest BCUT2D eigenvalue weighted by molar-refractivity contribution is -0.160. The lowest BCUT2D eigenvalue weighted by atomic mass is 9.86. The normalized spacial score (nSPS) is 24.0. The molecule has 0 spiro atoms. The van der Waals surface area contributed by atoms with Gasteiger partial charge in [0.15, 0.2) is 0 Å². The summed E-state index contributed by atoms with van der Waals surface area (Å²) in [7, 11) is 0. The average Bonchev–Trinajstić information content (AvgIpc) is 2.94. The first-order valence-electron chi connectivity index (χ1n) is 10.7. The second-order valence-corrected chi connectivity index (χ2v) is 7.89. The zero-order valence-corrected chi connectivity index (χ0v) is 17.1. The van der Waals surface area contributed by atoms with E-state index in [1.165, 1.54) is 4.90 Å². The molecule has 2 aliphatic rings. The predicted octanol–water partition coefficient (Wildman–Crippen LogP) is 4.26. The van der Waals surface area contributed by atoms with E-state index in [1.807, 2.05) is 19.1 Å². The van der Waals surface area contributed by atoms with Crippen molar-refractivity contribution in [3.8, 4) is 0 Å². The van der Waals surface area contributed by atoms with Crippen LogP contribution in [0.3, 0.4) is 0 Å². The van der Waals surface area contributed by atoms with E-state index in [1.54, 1.807) is 0 Å². The molecule has 1 aliphatic heterocycles. The Labute approximate surface area is 163 Å². The number of imide groups is 1. The van der Waals surface area contributed by atoms with Crippen LogP contribution in [0.1, 0.15) is 78.6 Å². The average molecular weight is 378 g/mol. The summed E-state index contributed by atoms with van der Waals surface area (Å²) in [5.74, 6) is -1.18. The van der Waals surface area contributed by atoms with Crippen LogP contribution in [0.15, 0.2) is 12.2 Å². The molecule has 5 nitrogen and oxygen atoms in total. The van der Waals surface area contributed by atoms with Crippen LogP contribution in [0.2, 0.25) is 0 Å². The van der Waals surface area contributed by atoms with Gasteiger partial charge in [-0.15, -0.1) is 0 Å². The smallest absolute Gasteiger partial charge is 0.329 e. The molecule has 1 aliphatic carbocycles. The number of hydrogen-bond acceptors (Lipinski definition) is 4. The van der Waals surface area contributed by atoms with Gasteiger partial charge in [-0.05, 0) is 31.6 Å². The minimum atomic E-state index is -0.771. The van der Waals surface area contributed by atoms with Crippen molar-refractivity contribution in [2.24, 2.45) is 17.8 Å². The van der Waals surface area contributed by atoms with Crippen molar-refractivity contribution in [2.45, 2.75) is 84.6 Å². The van der Waals surface area contributed by atoms with Crippen LogP contribution in [0.5, 0.6) is 0 Å². The highest BCUT2D eigenvalue weighted by Crippen LogP contribution is 2.36. The van der Waals surface area contributed by atoms with E-state index in [0.29, 0.717) is 25.4 Å². The molecular weight excluding hydrogens is 342 g/mol. The minimum Gasteiger partial charge on any atom is -0.464 e. The quantitative estimate of drug-likeness (QED) is 0.307. The Morgan fingerprint density at radius 2 is 1.85 bits per heavy atom. The fourth-order valence-electron chi connectivity index (χ4n) is 4.06. The molecule has 0 aromatic carbocycles. The summed E-state index contributed by atoms with van der Waals surface area (Å²) in [6.07, 6.45) is 11.7. The number of nitrogens with zero attached hydrogens (tertiary/aromatic N) is 1. The Balaban J connectivity index is 2.07. The van der Waals surface area contributed by atoms with Gasteiger partial charge in [-0.2, -0.15) is 0 Å². The van der Waals surface area contributed by atoms with Crippen molar-refractivity contribution < 1.29 is 19.1 Å². The Hall–Kier alpha value is -1.65. The predicted molar refractivity (Wildman–Crippen MR) is 105 cm³/mol. The molecule has 1 fully saturated rings. The molecule has 5 heteroatoms. The highest BCUT2D eigenvalue weighted by molar-refractivity contribution is 6.08. The molecule has 0 radical (unpaired) electrons. The van der Waals surface area contributed by atoms with Gasteiger partial charge in [0.05, 0.1) is 18.4 Å². The maximum absolute atomic E-state index is 12.9. The second kappa shape index (κ2) is 10.6. The number of likely N-dealkylation sites (tertiary alicyclic amines) is 1. The zero-order chi connectivity index (χ0) is 19.8. The largest absolute Gasteiger partial charge is 0.464 e. The maximum Gasteiger partial charge on any atom is 0.329 e. The van der Waals surface area contributed by atoms with Crippen LogP contribution in [0.4, 0.5) is 0 Å². The van der Waals surface area contributed by atoms with Gasteiger partial charge in [0, 0.05) is 0 Å². The standard InChI is InChI=1S/C22H35NO4/c1-4-7-11-16(6-3)15-27-22(26)19(14-8-5-2)23-20(24)17-12-9-10-13-18(17)21(23)25/h9,12,16-19H,4-8,10-11,13-15H2,1-3H3. The van der Waals surface area contributed by atoms with Gasteiger partial charge in [0.1, 0.15) is 6.04 Å². The number of fused-ring (bicyclic) bond motifs is 1. The molecule has 0 aromatic rings. The number of allylic oxidation sites excluding steroid dienone is 1. The number of esters is 1. The van der Waals surface area contributed by atoms with Crippen LogP contribution >= 0.6 is 0 Å².